The summed E-state index contributed by atoms with van der Waals surface area (Å²) in [4.78, 5) is 26.5. The smallest absolute Gasteiger partial charge is 0.416 e. The highest BCUT2D eigenvalue weighted by molar-refractivity contribution is 9.10. The maximum absolute atomic E-state index is 13.1. The van der Waals surface area contributed by atoms with Crippen LogP contribution < -0.4 is 14.8 Å². The number of carbonyl (C=O) groups is 2. The SMILES string of the molecule is CC1(c2cccc(C(F)(F)F)c2)NC(=O)N(Cc2cc3c(cc2Br)OCO3)C1=O. The van der Waals surface area contributed by atoms with Gasteiger partial charge in [0, 0.05) is 4.47 Å². The van der Waals surface area contributed by atoms with Crippen LogP contribution in [0.2, 0.25) is 0 Å². The Morgan fingerprint density at radius 2 is 1.86 bits per heavy atom. The van der Waals surface area contributed by atoms with Gasteiger partial charge in [0.25, 0.3) is 5.91 Å². The second-order valence-electron chi connectivity index (χ2n) is 6.82. The fourth-order valence-corrected chi connectivity index (χ4v) is 3.74. The standard InChI is InChI=1S/C19H14BrF3N2O4/c1-18(11-3-2-4-12(6-11)19(21,22)23)16(26)25(17(27)24-18)8-10-5-14-15(7-13(10)20)29-9-28-14/h2-7H,8-9H2,1H3,(H,24,27). The van der Waals surface area contributed by atoms with Crippen LogP contribution in [0.3, 0.4) is 0 Å². The molecule has 29 heavy (non-hydrogen) atoms. The minimum atomic E-state index is -4.56. The highest BCUT2D eigenvalue weighted by Gasteiger charge is 2.49. The van der Waals surface area contributed by atoms with Gasteiger partial charge in [-0.3, -0.25) is 9.69 Å². The minimum Gasteiger partial charge on any atom is -0.454 e. The van der Waals surface area contributed by atoms with Crippen LogP contribution in [0.4, 0.5) is 18.0 Å². The second kappa shape index (κ2) is 6.65. The molecule has 0 saturated carbocycles. The Morgan fingerprint density at radius 3 is 2.55 bits per heavy atom. The van der Waals surface area contributed by atoms with E-state index in [9.17, 15) is 22.8 Å². The Hall–Kier alpha value is -2.75. The van der Waals surface area contributed by atoms with E-state index >= 15 is 0 Å². The van der Waals surface area contributed by atoms with Crippen LogP contribution in [0, 0.1) is 0 Å². The van der Waals surface area contributed by atoms with Gasteiger partial charge in [0.15, 0.2) is 11.5 Å². The number of nitrogens with zero attached hydrogens (tertiary/aromatic N) is 1. The molecule has 2 aliphatic rings. The predicted molar refractivity (Wildman–Crippen MR) is 98.1 cm³/mol. The molecule has 2 aromatic rings. The fraction of sp³-hybridized carbons (Fsp3) is 0.263. The lowest BCUT2D eigenvalue weighted by Gasteiger charge is -2.23. The summed E-state index contributed by atoms with van der Waals surface area (Å²) >= 11 is 3.37. The van der Waals surface area contributed by atoms with E-state index in [4.69, 9.17) is 9.47 Å². The lowest BCUT2D eigenvalue weighted by Crippen LogP contribution is -2.41. The lowest BCUT2D eigenvalue weighted by molar-refractivity contribution is -0.138. The fourth-order valence-electron chi connectivity index (χ4n) is 3.29. The largest absolute Gasteiger partial charge is 0.454 e. The van der Waals surface area contributed by atoms with E-state index in [1.54, 1.807) is 12.1 Å². The van der Waals surface area contributed by atoms with Crippen molar-refractivity contribution in [1.29, 1.82) is 0 Å². The molecule has 2 heterocycles. The Kier molecular flexibility index (Phi) is 4.49. The molecule has 0 radical (unpaired) electrons. The summed E-state index contributed by atoms with van der Waals surface area (Å²) in [6.07, 6.45) is -4.56. The first kappa shape index (κ1) is 19.6. The molecule has 0 spiro atoms. The number of hydrogen-bond donors (Lipinski definition) is 1. The molecule has 0 aliphatic carbocycles. The van der Waals surface area contributed by atoms with Crippen LogP contribution in [-0.2, 0) is 23.1 Å². The third kappa shape index (κ3) is 3.31. The average Bonchev–Trinajstić information content (AvgIpc) is 3.19. The number of alkyl halides is 3. The van der Waals surface area contributed by atoms with Crippen LogP contribution in [0.5, 0.6) is 11.5 Å². The maximum Gasteiger partial charge on any atom is 0.416 e. The van der Waals surface area contributed by atoms with Gasteiger partial charge in [-0.2, -0.15) is 13.2 Å². The first-order chi connectivity index (χ1) is 13.6. The number of benzene rings is 2. The van der Waals surface area contributed by atoms with Gasteiger partial charge in [-0.15, -0.1) is 0 Å². The first-order valence-corrected chi connectivity index (χ1v) is 9.29. The number of amides is 3. The molecular weight excluding hydrogens is 457 g/mol. The van der Waals surface area contributed by atoms with E-state index in [0.29, 0.717) is 21.5 Å². The van der Waals surface area contributed by atoms with E-state index in [1.807, 2.05) is 0 Å². The number of ether oxygens (including phenoxy) is 2. The number of hydrogen-bond acceptors (Lipinski definition) is 4. The van der Waals surface area contributed by atoms with Gasteiger partial charge in [-0.1, -0.05) is 28.1 Å². The quantitative estimate of drug-likeness (QED) is 0.683. The summed E-state index contributed by atoms with van der Waals surface area (Å²) < 4.78 is 50.4. The van der Waals surface area contributed by atoms with E-state index in [0.717, 1.165) is 17.0 Å². The molecule has 1 atom stereocenters. The van der Waals surface area contributed by atoms with Crippen LogP contribution >= 0.6 is 15.9 Å². The van der Waals surface area contributed by atoms with Crippen molar-refractivity contribution in [2.75, 3.05) is 6.79 Å². The van der Waals surface area contributed by atoms with Crippen molar-refractivity contribution in [2.45, 2.75) is 25.2 Å². The van der Waals surface area contributed by atoms with Crippen molar-refractivity contribution in [3.63, 3.8) is 0 Å². The van der Waals surface area contributed by atoms with Crippen molar-refractivity contribution in [3.05, 3.63) is 57.6 Å². The Morgan fingerprint density at radius 1 is 1.17 bits per heavy atom. The van der Waals surface area contributed by atoms with Crippen molar-refractivity contribution in [2.24, 2.45) is 0 Å². The molecule has 2 aromatic carbocycles. The third-order valence-corrected chi connectivity index (χ3v) is 5.65. The molecule has 10 heteroatoms. The van der Waals surface area contributed by atoms with Crippen LogP contribution in [0.25, 0.3) is 0 Å². The van der Waals surface area contributed by atoms with E-state index < -0.39 is 29.2 Å². The van der Waals surface area contributed by atoms with Crippen molar-refractivity contribution >= 4 is 27.9 Å². The minimum absolute atomic E-state index is 0.0536. The summed E-state index contributed by atoms with van der Waals surface area (Å²) in [6.45, 7) is 1.37. The van der Waals surface area contributed by atoms with Crippen molar-refractivity contribution in [1.82, 2.24) is 10.2 Å². The molecule has 152 valence electrons. The maximum atomic E-state index is 13.1. The van der Waals surface area contributed by atoms with Gasteiger partial charge in [-0.05, 0) is 42.3 Å². The van der Waals surface area contributed by atoms with E-state index in [1.165, 1.54) is 19.1 Å². The van der Waals surface area contributed by atoms with Gasteiger partial charge in [0.05, 0.1) is 12.1 Å². The van der Waals surface area contributed by atoms with Crippen molar-refractivity contribution in [3.8, 4) is 11.5 Å². The molecule has 6 nitrogen and oxygen atoms in total. The summed E-state index contributed by atoms with van der Waals surface area (Å²) in [7, 11) is 0. The van der Waals surface area contributed by atoms with Crippen molar-refractivity contribution < 1.29 is 32.2 Å². The van der Waals surface area contributed by atoms with Gasteiger partial charge in [0.1, 0.15) is 5.54 Å². The zero-order valence-electron chi connectivity index (χ0n) is 15.0. The highest BCUT2D eigenvalue weighted by atomic mass is 79.9. The van der Waals surface area contributed by atoms with Gasteiger partial charge in [-0.25, -0.2) is 4.79 Å². The molecule has 1 saturated heterocycles. The molecule has 1 unspecified atom stereocenters. The van der Waals surface area contributed by atoms with Crippen LogP contribution in [0.1, 0.15) is 23.6 Å². The number of nitrogens with one attached hydrogen (secondary N) is 1. The number of urea groups is 1. The van der Waals surface area contributed by atoms with Gasteiger partial charge < -0.3 is 14.8 Å². The molecule has 4 rings (SSSR count). The zero-order chi connectivity index (χ0) is 21.0. The average molecular weight is 471 g/mol. The monoisotopic (exact) mass is 470 g/mol. The zero-order valence-corrected chi connectivity index (χ0v) is 16.6. The molecule has 1 N–H and O–H groups in total. The van der Waals surface area contributed by atoms with Gasteiger partial charge >= 0.3 is 12.2 Å². The number of fused-ring (bicyclic) bond motifs is 1. The topological polar surface area (TPSA) is 67.9 Å². The lowest BCUT2D eigenvalue weighted by atomic mass is 9.90. The number of halogens is 4. The summed E-state index contributed by atoms with van der Waals surface area (Å²) in [5, 5.41) is 2.52. The number of imide groups is 1. The van der Waals surface area contributed by atoms with Crippen LogP contribution in [-0.4, -0.2) is 23.6 Å². The molecule has 1 fully saturated rings. The molecule has 2 aliphatic heterocycles. The molecule has 0 aromatic heterocycles. The van der Waals surface area contributed by atoms with E-state index in [-0.39, 0.29) is 18.9 Å². The molecular formula is C19H14BrF3N2O4. The highest BCUT2D eigenvalue weighted by Crippen LogP contribution is 2.39. The van der Waals surface area contributed by atoms with Gasteiger partial charge in [0.2, 0.25) is 6.79 Å². The normalized spacial score (nSPS) is 20.9. The number of rotatable bonds is 3. The Balaban J connectivity index is 1.64. The second-order valence-corrected chi connectivity index (χ2v) is 7.68. The molecule has 3 amide bonds. The molecule has 0 bridgehead atoms. The third-order valence-electron chi connectivity index (χ3n) is 4.91. The first-order valence-electron chi connectivity index (χ1n) is 8.49. The summed E-state index contributed by atoms with van der Waals surface area (Å²) in [5.74, 6) is 0.369. The predicted octanol–water partition coefficient (Wildman–Crippen LogP) is 4.16. The van der Waals surface area contributed by atoms with E-state index in [2.05, 4.69) is 21.2 Å². The summed E-state index contributed by atoms with van der Waals surface area (Å²) in [6, 6.07) is 7.00. The number of carbonyl (C=O) groups excluding carboxylic acids is 2. The Labute approximate surface area is 171 Å². The Bertz CT molecular complexity index is 1030. The summed E-state index contributed by atoms with van der Waals surface area (Å²) in [5.41, 5.74) is -1.86. The van der Waals surface area contributed by atoms with Crippen LogP contribution in [0.15, 0.2) is 40.9 Å².